The highest BCUT2D eigenvalue weighted by molar-refractivity contribution is 8.26. The van der Waals surface area contributed by atoms with Crippen LogP contribution in [0.4, 0.5) is 5.69 Å². The lowest BCUT2D eigenvalue weighted by atomic mass is 10.1. The maximum absolute atomic E-state index is 12.8. The molecule has 34 heavy (non-hydrogen) atoms. The minimum Gasteiger partial charge on any atom is -0.497 e. The first-order chi connectivity index (χ1) is 16.5. The Hall–Kier alpha value is -3.42. The van der Waals surface area contributed by atoms with Gasteiger partial charge in [-0.15, -0.1) is 0 Å². The lowest BCUT2D eigenvalue weighted by Crippen LogP contribution is -2.29. The van der Waals surface area contributed by atoms with Crippen LogP contribution in [0.25, 0.3) is 17.2 Å². The van der Waals surface area contributed by atoms with Crippen molar-refractivity contribution in [1.29, 1.82) is 0 Å². The van der Waals surface area contributed by atoms with Crippen molar-refractivity contribution in [2.75, 3.05) is 19.0 Å². The number of amides is 2. The van der Waals surface area contributed by atoms with Crippen molar-refractivity contribution in [3.63, 3.8) is 0 Å². The minimum absolute atomic E-state index is 0.0928. The number of anilines is 1. The molecule has 0 aliphatic carbocycles. The summed E-state index contributed by atoms with van der Waals surface area (Å²) in [6.07, 6.45) is 2.63. The highest BCUT2D eigenvalue weighted by atomic mass is 32.2. The summed E-state index contributed by atoms with van der Waals surface area (Å²) in [6.45, 7) is 0.403. The van der Waals surface area contributed by atoms with Gasteiger partial charge in [-0.05, 0) is 53.5 Å². The zero-order chi connectivity index (χ0) is 23.9. The number of hydrogen-bond donors (Lipinski definition) is 1. The number of nitrogens with zero attached hydrogens (tertiary/aromatic N) is 1. The topological polar surface area (TPSA) is 58.6 Å². The third-order valence-electron chi connectivity index (χ3n) is 5.33. The molecule has 0 radical (unpaired) electrons. The molecule has 0 bridgehead atoms. The Kier molecular flexibility index (Phi) is 7.77. The predicted octanol–water partition coefficient (Wildman–Crippen LogP) is 5.98. The Morgan fingerprint density at radius 1 is 1.03 bits per heavy atom. The fourth-order valence-corrected chi connectivity index (χ4v) is 4.88. The second-order valence-corrected chi connectivity index (χ2v) is 9.38. The zero-order valence-electron chi connectivity index (χ0n) is 18.7. The first-order valence-electron chi connectivity index (χ1n) is 10.9. The lowest BCUT2D eigenvalue weighted by Gasteiger charge is -2.14. The van der Waals surface area contributed by atoms with Gasteiger partial charge in [0.05, 0.1) is 12.0 Å². The van der Waals surface area contributed by atoms with Gasteiger partial charge < -0.3 is 10.1 Å². The normalized spacial score (nSPS) is 14.5. The molecule has 0 spiro atoms. The highest BCUT2D eigenvalue weighted by Crippen LogP contribution is 2.33. The number of hydrogen-bond acceptors (Lipinski definition) is 5. The van der Waals surface area contributed by atoms with Gasteiger partial charge in [-0.1, -0.05) is 78.6 Å². The Bertz CT molecular complexity index is 1220. The largest absolute Gasteiger partial charge is 0.497 e. The molecular weight excluding hydrogens is 464 g/mol. The number of rotatable bonds is 8. The molecule has 1 aliphatic rings. The molecule has 7 heteroatoms. The van der Waals surface area contributed by atoms with Gasteiger partial charge in [0.25, 0.3) is 5.91 Å². The smallest absolute Gasteiger partial charge is 0.266 e. The summed E-state index contributed by atoms with van der Waals surface area (Å²) in [4.78, 5) is 27.3. The highest BCUT2D eigenvalue weighted by Gasteiger charge is 2.31. The average Bonchev–Trinajstić information content (AvgIpc) is 3.12. The molecule has 4 rings (SSSR count). The van der Waals surface area contributed by atoms with Crippen LogP contribution < -0.4 is 10.1 Å². The molecule has 1 aliphatic heterocycles. The van der Waals surface area contributed by atoms with Crippen LogP contribution in [0.5, 0.6) is 5.75 Å². The predicted molar refractivity (Wildman–Crippen MR) is 143 cm³/mol. The van der Waals surface area contributed by atoms with Gasteiger partial charge in [0.15, 0.2) is 0 Å². The molecule has 0 unspecified atom stereocenters. The van der Waals surface area contributed by atoms with Gasteiger partial charge in [-0.2, -0.15) is 0 Å². The number of carbonyl (C=O) groups is 2. The number of carbonyl (C=O) groups excluding carboxylic acids is 2. The molecule has 1 N–H and O–H groups in total. The fraction of sp³-hybridized carbons (Fsp3) is 0.148. The van der Waals surface area contributed by atoms with Crippen LogP contribution >= 0.6 is 24.0 Å². The van der Waals surface area contributed by atoms with Crippen molar-refractivity contribution in [2.24, 2.45) is 0 Å². The molecule has 1 saturated heterocycles. The number of benzene rings is 3. The molecule has 0 atom stereocenters. The minimum atomic E-state index is -0.130. The van der Waals surface area contributed by atoms with Gasteiger partial charge in [0.2, 0.25) is 5.91 Å². The Labute approximate surface area is 208 Å². The van der Waals surface area contributed by atoms with Gasteiger partial charge >= 0.3 is 0 Å². The monoisotopic (exact) mass is 488 g/mol. The summed E-state index contributed by atoms with van der Waals surface area (Å²) >= 11 is 6.68. The maximum Gasteiger partial charge on any atom is 0.266 e. The van der Waals surface area contributed by atoms with Crippen LogP contribution in [0.3, 0.4) is 0 Å². The molecular formula is C27H24N2O3S2. The van der Waals surface area contributed by atoms with E-state index in [1.54, 1.807) is 12.0 Å². The molecule has 0 saturated carbocycles. The van der Waals surface area contributed by atoms with E-state index in [2.05, 4.69) is 5.32 Å². The van der Waals surface area contributed by atoms with E-state index in [1.165, 1.54) is 11.8 Å². The first kappa shape index (κ1) is 23.7. The van der Waals surface area contributed by atoms with E-state index in [-0.39, 0.29) is 11.8 Å². The number of thiocarbonyl (C=S) groups is 1. The number of nitrogens with one attached hydrogen (secondary N) is 1. The quantitative estimate of drug-likeness (QED) is 0.312. The van der Waals surface area contributed by atoms with E-state index in [9.17, 15) is 9.59 Å². The average molecular weight is 489 g/mol. The summed E-state index contributed by atoms with van der Waals surface area (Å²) in [5, 5.41) is 2.92. The summed E-state index contributed by atoms with van der Waals surface area (Å²) < 4.78 is 5.75. The van der Waals surface area contributed by atoms with E-state index in [1.807, 2.05) is 84.9 Å². The first-order valence-corrected chi connectivity index (χ1v) is 12.1. The van der Waals surface area contributed by atoms with Gasteiger partial charge in [-0.3, -0.25) is 14.5 Å². The molecule has 172 valence electrons. The van der Waals surface area contributed by atoms with Crippen molar-refractivity contribution in [1.82, 2.24) is 4.90 Å². The van der Waals surface area contributed by atoms with Crippen LogP contribution in [0.2, 0.25) is 0 Å². The standard InChI is InChI=1S/C27H24N2O3S2/c1-32-23-10-5-7-19(17-23)18-24-26(31)29(27(33)34-24)16-6-11-25(30)28-22-14-12-21(13-15-22)20-8-3-2-4-9-20/h2-5,7-10,12-15,17-18H,6,11,16H2,1H3,(H,28,30)/b24-18-. The number of ether oxygens (including phenoxy) is 1. The second-order valence-electron chi connectivity index (χ2n) is 7.71. The van der Waals surface area contributed by atoms with Crippen LogP contribution in [0.1, 0.15) is 18.4 Å². The van der Waals surface area contributed by atoms with Crippen molar-refractivity contribution in [3.05, 3.63) is 89.3 Å². The fourth-order valence-electron chi connectivity index (χ4n) is 3.57. The van der Waals surface area contributed by atoms with Gasteiger partial charge in [0, 0.05) is 18.7 Å². The van der Waals surface area contributed by atoms with Crippen LogP contribution in [0, 0.1) is 0 Å². The third kappa shape index (κ3) is 5.92. The molecule has 2 amide bonds. The van der Waals surface area contributed by atoms with Crippen LogP contribution in [-0.2, 0) is 9.59 Å². The van der Waals surface area contributed by atoms with Crippen molar-refractivity contribution >= 4 is 51.9 Å². The summed E-state index contributed by atoms with van der Waals surface area (Å²) in [7, 11) is 1.61. The van der Waals surface area contributed by atoms with E-state index in [4.69, 9.17) is 17.0 Å². The lowest BCUT2D eigenvalue weighted by molar-refractivity contribution is -0.122. The SMILES string of the molecule is COc1cccc(/C=C2\SC(=S)N(CCCC(=O)Nc3ccc(-c4ccccc4)cc3)C2=O)c1. The van der Waals surface area contributed by atoms with Gasteiger partial charge in [0.1, 0.15) is 10.1 Å². The maximum atomic E-state index is 12.8. The molecule has 0 aromatic heterocycles. The van der Waals surface area contributed by atoms with Crippen LogP contribution in [0.15, 0.2) is 83.8 Å². The summed E-state index contributed by atoms with van der Waals surface area (Å²) in [5.41, 5.74) is 3.84. The van der Waals surface area contributed by atoms with E-state index >= 15 is 0 Å². The van der Waals surface area contributed by atoms with Crippen molar-refractivity contribution in [2.45, 2.75) is 12.8 Å². The Morgan fingerprint density at radius 2 is 1.76 bits per heavy atom. The summed E-state index contributed by atoms with van der Waals surface area (Å²) in [5.74, 6) is 0.504. The molecule has 1 heterocycles. The van der Waals surface area contributed by atoms with E-state index in [0.29, 0.717) is 28.6 Å². The molecule has 3 aromatic rings. The molecule has 5 nitrogen and oxygen atoms in total. The number of thioether (sulfide) groups is 1. The van der Waals surface area contributed by atoms with Crippen LogP contribution in [-0.4, -0.2) is 34.7 Å². The Morgan fingerprint density at radius 3 is 2.50 bits per heavy atom. The van der Waals surface area contributed by atoms with Crippen molar-refractivity contribution in [3.8, 4) is 16.9 Å². The van der Waals surface area contributed by atoms with Gasteiger partial charge in [-0.25, -0.2) is 0 Å². The zero-order valence-corrected chi connectivity index (χ0v) is 20.3. The van der Waals surface area contributed by atoms with E-state index in [0.717, 1.165) is 28.1 Å². The van der Waals surface area contributed by atoms with E-state index < -0.39 is 0 Å². The molecule has 1 fully saturated rings. The summed E-state index contributed by atoms with van der Waals surface area (Å²) in [6, 6.07) is 25.3. The number of methoxy groups -OCH3 is 1. The second kappa shape index (κ2) is 11.1. The third-order valence-corrected chi connectivity index (χ3v) is 6.70. The Balaban J connectivity index is 1.28. The molecule has 3 aromatic carbocycles. The van der Waals surface area contributed by atoms with Crippen molar-refractivity contribution < 1.29 is 14.3 Å².